The summed E-state index contributed by atoms with van der Waals surface area (Å²) in [6, 6.07) is 0.485. The van der Waals surface area contributed by atoms with Crippen LogP contribution < -0.4 is 0 Å². The second-order valence-electron chi connectivity index (χ2n) is 9.75. The standard InChI is InChI=1S/C22H38N2O5/c1-4-28-20(26)22(7-8-22)15-24-10-12-29-18(17(24)3)19(25)21(5-6-21)14-23-9-11-27-13-16(23)2/h16-19,25H,4-15H2,1-3H3/t16-,17-,18?,19?/m1/s1. The van der Waals surface area contributed by atoms with Crippen molar-refractivity contribution in [1.82, 2.24) is 9.80 Å². The van der Waals surface area contributed by atoms with E-state index in [4.69, 9.17) is 14.2 Å². The third-order valence-electron chi connectivity index (χ3n) is 7.66. The first-order chi connectivity index (χ1) is 13.9. The highest BCUT2D eigenvalue weighted by atomic mass is 16.5. The molecule has 4 fully saturated rings. The number of aliphatic hydroxyl groups excluding tert-OH is 1. The molecule has 0 amide bonds. The van der Waals surface area contributed by atoms with Crippen molar-refractivity contribution in [3.8, 4) is 0 Å². The summed E-state index contributed by atoms with van der Waals surface area (Å²) in [5, 5.41) is 11.4. The molecular formula is C22H38N2O5. The van der Waals surface area contributed by atoms with Gasteiger partial charge in [-0.2, -0.15) is 0 Å². The van der Waals surface area contributed by atoms with Crippen LogP contribution in [0.15, 0.2) is 0 Å². The van der Waals surface area contributed by atoms with Crippen LogP contribution >= 0.6 is 0 Å². The van der Waals surface area contributed by atoms with Gasteiger partial charge in [0.2, 0.25) is 0 Å². The monoisotopic (exact) mass is 410 g/mol. The van der Waals surface area contributed by atoms with E-state index in [0.29, 0.717) is 25.8 Å². The SMILES string of the molecule is CCOC(=O)C1(CN2CCOC(C(O)C3(CN4CCOC[C@H]4C)CC3)[C@H]2C)CC1. The van der Waals surface area contributed by atoms with Gasteiger partial charge in [-0.25, -0.2) is 0 Å². The molecule has 2 saturated heterocycles. The molecule has 4 rings (SSSR count). The van der Waals surface area contributed by atoms with Crippen molar-refractivity contribution >= 4 is 5.97 Å². The molecule has 2 aliphatic carbocycles. The van der Waals surface area contributed by atoms with Gasteiger partial charge in [-0.3, -0.25) is 14.6 Å². The molecule has 0 radical (unpaired) electrons. The Hall–Kier alpha value is -0.730. The van der Waals surface area contributed by atoms with Crippen LogP contribution in [0.25, 0.3) is 0 Å². The van der Waals surface area contributed by atoms with E-state index in [1.807, 2.05) is 6.92 Å². The molecule has 2 saturated carbocycles. The van der Waals surface area contributed by atoms with Crippen LogP contribution in [0.1, 0.15) is 46.5 Å². The van der Waals surface area contributed by atoms with Crippen LogP contribution in [0.3, 0.4) is 0 Å². The lowest BCUT2D eigenvalue weighted by molar-refractivity contribution is -0.158. The molecule has 2 unspecified atom stereocenters. The number of hydrogen-bond acceptors (Lipinski definition) is 7. The zero-order valence-electron chi connectivity index (χ0n) is 18.3. The van der Waals surface area contributed by atoms with E-state index in [-0.39, 0.29) is 28.9 Å². The van der Waals surface area contributed by atoms with E-state index in [2.05, 4.69) is 23.6 Å². The molecule has 2 heterocycles. The van der Waals surface area contributed by atoms with Crippen molar-refractivity contribution in [3.63, 3.8) is 0 Å². The van der Waals surface area contributed by atoms with E-state index in [1.165, 1.54) is 0 Å². The fourth-order valence-electron chi connectivity index (χ4n) is 5.14. The van der Waals surface area contributed by atoms with Crippen LogP contribution in [-0.4, -0.2) is 97.8 Å². The second-order valence-corrected chi connectivity index (χ2v) is 9.75. The smallest absolute Gasteiger partial charge is 0.313 e. The summed E-state index contributed by atoms with van der Waals surface area (Å²) in [5.74, 6) is -0.0595. The van der Waals surface area contributed by atoms with Crippen molar-refractivity contribution in [2.45, 2.75) is 70.7 Å². The second kappa shape index (κ2) is 8.42. The highest BCUT2D eigenvalue weighted by Crippen LogP contribution is 2.52. The van der Waals surface area contributed by atoms with Gasteiger partial charge >= 0.3 is 5.97 Å². The zero-order valence-corrected chi connectivity index (χ0v) is 18.3. The Morgan fingerprint density at radius 1 is 1.14 bits per heavy atom. The van der Waals surface area contributed by atoms with Crippen molar-refractivity contribution in [1.29, 1.82) is 0 Å². The minimum absolute atomic E-state index is 0.0595. The minimum Gasteiger partial charge on any atom is -0.466 e. The average Bonchev–Trinajstić information content (AvgIpc) is 3.62. The first-order valence-corrected chi connectivity index (χ1v) is 11.4. The lowest BCUT2D eigenvalue weighted by Crippen LogP contribution is -2.59. The van der Waals surface area contributed by atoms with E-state index in [1.54, 1.807) is 0 Å². The maximum absolute atomic E-state index is 12.4. The van der Waals surface area contributed by atoms with E-state index in [0.717, 1.165) is 58.5 Å². The first kappa shape index (κ1) is 21.5. The number of morpholine rings is 2. The minimum atomic E-state index is -0.479. The Kier molecular flexibility index (Phi) is 6.24. The van der Waals surface area contributed by atoms with Gasteiger partial charge in [-0.05, 0) is 46.5 Å². The molecule has 0 aromatic carbocycles. The molecule has 1 N–H and O–H groups in total. The third kappa shape index (κ3) is 4.35. The van der Waals surface area contributed by atoms with Crippen LogP contribution in [0.5, 0.6) is 0 Å². The molecule has 0 aromatic rings. The van der Waals surface area contributed by atoms with Crippen LogP contribution in [-0.2, 0) is 19.0 Å². The van der Waals surface area contributed by atoms with E-state index in [9.17, 15) is 9.90 Å². The molecule has 4 atom stereocenters. The fraction of sp³-hybridized carbons (Fsp3) is 0.955. The molecule has 0 spiro atoms. The van der Waals surface area contributed by atoms with Crippen molar-refractivity contribution < 1.29 is 24.1 Å². The Labute approximate surface area is 174 Å². The third-order valence-corrected chi connectivity index (χ3v) is 7.66. The van der Waals surface area contributed by atoms with Gasteiger partial charge < -0.3 is 19.3 Å². The Bertz CT molecular complexity index is 592. The van der Waals surface area contributed by atoms with E-state index >= 15 is 0 Å². The van der Waals surface area contributed by atoms with Crippen LogP contribution in [0, 0.1) is 10.8 Å². The summed E-state index contributed by atoms with van der Waals surface area (Å²) >= 11 is 0. The lowest BCUT2D eigenvalue weighted by atomic mass is 9.88. The molecule has 0 aromatic heterocycles. The van der Waals surface area contributed by atoms with Gasteiger partial charge in [0.15, 0.2) is 0 Å². The number of carbonyl (C=O) groups excluding carboxylic acids is 1. The number of rotatable bonds is 8. The summed E-state index contributed by atoms with van der Waals surface area (Å²) in [7, 11) is 0. The predicted molar refractivity (Wildman–Crippen MR) is 109 cm³/mol. The summed E-state index contributed by atoms with van der Waals surface area (Å²) in [6.45, 7) is 12.2. The largest absolute Gasteiger partial charge is 0.466 e. The fourth-order valence-corrected chi connectivity index (χ4v) is 5.14. The molecule has 7 heteroatoms. The van der Waals surface area contributed by atoms with Crippen molar-refractivity contribution in [3.05, 3.63) is 0 Å². The van der Waals surface area contributed by atoms with E-state index < -0.39 is 6.10 Å². The molecule has 0 bridgehead atoms. The number of nitrogens with zero attached hydrogens (tertiary/aromatic N) is 2. The Morgan fingerprint density at radius 2 is 1.86 bits per heavy atom. The van der Waals surface area contributed by atoms with Crippen LogP contribution in [0.4, 0.5) is 0 Å². The van der Waals surface area contributed by atoms with Gasteiger partial charge in [-0.1, -0.05) is 0 Å². The quantitative estimate of drug-likeness (QED) is 0.605. The van der Waals surface area contributed by atoms with Gasteiger partial charge in [0.05, 0.1) is 44.1 Å². The maximum atomic E-state index is 12.4. The lowest BCUT2D eigenvalue weighted by Gasteiger charge is -2.45. The number of esters is 1. The van der Waals surface area contributed by atoms with Gasteiger partial charge in [0.25, 0.3) is 0 Å². The topological polar surface area (TPSA) is 71.5 Å². The summed E-state index contributed by atoms with van der Waals surface area (Å²) in [5.41, 5.74) is -0.399. The molecule has 29 heavy (non-hydrogen) atoms. The maximum Gasteiger partial charge on any atom is 0.313 e. The number of ether oxygens (including phenoxy) is 3. The summed E-state index contributed by atoms with van der Waals surface area (Å²) in [4.78, 5) is 17.2. The van der Waals surface area contributed by atoms with Crippen molar-refractivity contribution in [2.75, 3.05) is 52.6 Å². The van der Waals surface area contributed by atoms with Crippen molar-refractivity contribution in [2.24, 2.45) is 10.8 Å². The zero-order chi connectivity index (χ0) is 20.6. The normalized spacial score (nSPS) is 35.1. The highest BCUT2D eigenvalue weighted by Gasteiger charge is 2.57. The first-order valence-electron chi connectivity index (χ1n) is 11.4. The Balaban J connectivity index is 1.38. The molecule has 4 aliphatic rings. The summed E-state index contributed by atoms with van der Waals surface area (Å²) < 4.78 is 17.0. The number of aliphatic hydroxyl groups is 1. The summed E-state index contributed by atoms with van der Waals surface area (Å²) in [6.07, 6.45) is 3.23. The number of carbonyl (C=O) groups is 1. The van der Waals surface area contributed by atoms with Gasteiger partial charge in [0.1, 0.15) is 0 Å². The van der Waals surface area contributed by atoms with Gasteiger partial charge in [-0.15, -0.1) is 0 Å². The molecule has 2 aliphatic heterocycles. The predicted octanol–water partition coefficient (Wildman–Crippen LogP) is 1.28. The molecule has 166 valence electrons. The molecule has 7 nitrogen and oxygen atoms in total. The highest BCUT2D eigenvalue weighted by molar-refractivity contribution is 5.80. The molecular weight excluding hydrogens is 372 g/mol. The Morgan fingerprint density at radius 3 is 2.48 bits per heavy atom. The average molecular weight is 411 g/mol. The van der Waals surface area contributed by atoms with Crippen LogP contribution in [0.2, 0.25) is 0 Å². The van der Waals surface area contributed by atoms with Gasteiger partial charge in [0, 0.05) is 43.7 Å². The number of hydrogen-bond donors (Lipinski definition) is 1.